The molecule has 1 atom stereocenters. The van der Waals surface area contributed by atoms with E-state index in [-0.39, 0.29) is 0 Å². The first kappa shape index (κ1) is 18.7. The summed E-state index contributed by atoms with van der Waals surface area (Å²) in [6, 6.07) is 0.587. The summed E-state index contributed by atoms with van der Waals surface area (Å²) in [5.74, 6) is 6.15. The van der Waals surface area contributed by atoms with Crippen LogP contribution in [0.3, 0.4) is 0 Å². The molecule has 2 aliphatic heterocycles. The number of thioether (sulfide) groups is 2. The Hall–Kier alpha value is -0.0700. The van der Waals surface area contributed by atoms with Crippen LogP contribution in [0.4, 0.5) is 0 Å². The molecule has 1 aliphatic carbocycles. The van der Waals surface area contributed by atoms with Gasteiger partial charge in [-0.25, -0.2) is 0 Å². The van der Waals surface area contributed by atoms with Crippen molar-refractivity contribution in [2.75, 3.05) is 49.7 Å². The van der Waals surface area contributed by atoms with Crippen LogP contribution in [0.15, 0.2) is 4.99 Å². The van der Waals surface area contributed by atoms with Gasteiger partial charge in [-0.15, -0.1) is 0 Å². The van der Waals surface area contributed by atoms with Crippen molar-refractivity contribution in [3.05, 3.63) is 0 Å². The molecule has 2 saturated heterocycles. The summed E-state index contributed by atoms with van der Waals surface area (Å²) in [5.41, 5.74) is 0.359. The summed E-state index contributed by atoms with van der Waals surface area (Å²) in [4.78, 5) is 7.30. The Kier molecular flexibility index (Phi) is 7.47. The first-order valence-electron chi connectivity index (χ1n) is 9.70. The molecule has 2 heterocycles. The lowest BCUT2D eigenvalue weighted by molar-refractivity contribution is 0.0625. The number of guanidine groups is 1. The predicted molar refractivity (Wildman–Crippen MR) is 110 cm³/mol. The monoisotopic (exact) mass is 370 g/mol. The maximum Gasteiger partial charge on any atom is 0.191 e. The molecule has 3 fully saturated rings. The van der Waals surface area contributed by atoms with E-state index in [1.165, 1.54) is 81.0 Å². The molecule has 0 bridgehead atoms. The van der Waals surface area contributed by atoms with Gasteiger partial charge in [-0.1, -0.05) is 19.3 Å². The van der Waals surface area contributed by atoms with E-state index >= 15 is 0 Å². The van der Waals surface area contributed by atoms with Crippen LogP contribution in [0.25, 0.3) is 0 Å². The molecule has 24 heavy (non-hydrogen) atoms. The third-order valence-electron chi connectivity index (χ3n) is 5.78. The van der Waals surface area contributed by atoms with Crippen molar-refractivity contribution in [1.82, 2.24) is 15.5 Å². The molecular formula is C18H34N4S2. The predicted octanol–water partition coefficient (Wildman–Crippen LogP) is 2.80. The molecule has 0 aromatic heterocycles. The number of rotatable bonds is 4. The molecule has 0 aromatic carbocycles. The topological polar surface area (TPSA) is 39.7 Å². The molecule has 3 aliphatic rings. The van der Waals surface area contributed by atoms with Gasteiger partial charge in [0, 0.05) is 55.5 Å². The van der Waals surface area contributed by atoms with Gasteiger partial charge in [0.05, 0.1) is 0 Å². The standard InChI is InChI=1S/C18H34N4S2/c1-19-17(21-16-6-5-11-24-14-16)20-15-18(7-3-2-4-8-18)22-9-12-23-13-10-22/h16H,2-15H2,1H3,(H2,19,20,21). The molecule has 6 heteroatoms. The third kappa shape index (κ3) is 4.98. The summed E-state index contributed by atoms with van der Waals surface area (Å²) >= 11 is 4.18. The fourth-order valence-corrected chi connectivity index (χ4v) is 6.32. The van der Waals surface area contributed by atoms with Crippen molar-refractivity contribution in [2.24, 2.45) is 4.99 Å². The molecule has 0 spiro atoms. The molecule has 0 aromatic rings. The number of aliphatic imine (C=N–C) groups is 1. The summed E-state index contributed by atoms with van der Waals surface area (Å²) < 4.78 is 0. The van der Waals surface area contributed by atoms with Gasteiger partial charge in [0.1, 0.15) is 0 Å². The fourth-order valence-electron chi connectivity index (χ4n) is 4.34. The zero-order valence-electron chi connectivity index (χ0n) is 15.2. The van der Waals surface area contributed by atoms with Crippen molar-refractivity contribution < 1.29 is 0 Å². The average molecular weight is 371 g/mol. The Morgan fingerprint density at radius 2 is 1.88 bits per heavy atom. The van der Waals surface area contributed by atoms with E-state index in [2.05, 4.69) is 44.0 Å². The van der Waals surface area contributed by atoms with E-state index in [1.54, 1.807) is 0 Å². The Balaban J connectivity index is 1.57. The maximum atomic E-state index is 4.51. The van der Waals surface area contributed by atoms with Crippen molar-refractivity contribution in [2.45, 2.75) is 56.5 Å². The van der Waals surface area contributed by atoms with Crippen LogP contribution in [0.2, 0.25) is 0 Å². The molecule has 3 rings (SSSR count). The van der Waals surface area contributed by atoms with Crippen LogP contribution >= 0.6 is 23.5 Å². The minimum Gasteiger partial charge on any atom is -0.355 e. The second-order valence-electron chi connectivity index (χ2n) is 7.37. The molecule has 138 valence electrons. The van der Waals surface area contributed by atoms with Crippen LogP contribution in [0.5, 0.6) is 0 Å². The first-order chi connectivity index (χ1) is 11.8. The Labute approximate surface area is 156 Å². The molecule has 2 N–H and O–H groups in total. The lowest BCUT2D eigenvalue weighted by Crippen LogP contribution is -2.60. The highest BCUT2D eigenvalue weighted by Crippen LogP contribution is 2.34. The lowest BCUT2D eigenvalue weighted by atomic mass is 9.80. The van der Waals surface area contributed by atoms with Gasteiger partial charge >= 0.3 is 0 Å². The number of nitrogens with one attached hydrogen (secondary N) is 2. The molecule has 4 nitrogen and oxygen atoms in total. The normalized spacial score (nSPS) is 29.2. The molecule has 1 saturated carbocycles. The van der Waals surface area contributed by atoms with Crippen molar-refractivity contribution in [3.63, 3.8) is 0 Å². The van der Waals surface area contributed by atoms with Crippen molar-refractivity contribution in [1.29, 1.82) is 0 Å². The minimum atomic E-state index is 0.359. The second-order valence-corrected chi connectivity index (χ2v) is 9.74. The molecule has 0 radical (unpaired) electrons. The van der Waals surface area contributed by atoms with E-state index in [0.717, 1.165) is 12.5 Å². The fraction of sp³-hybridized carbons (Fsp3) is 0.944. The summed E-state index contributed by atoms with van der Waals surface area (Å²) in [5, 5.41) is 7.37. The third-order valence-corrected chi connectivity index (χ3v) is 7.93. The average Bonchev–Trinajstić information content (AvgIpc) is 2.67. The highest BCUT2D eigenvalue weighted by molar-refractivity contribution is 7.99. The van der Waals surface area contributed by atoms with Crippen LogP contribution in [0, 0.1) is 0 Å². The van der Waals surface area contributed by atoms with E-state index < -0.39 is 0 Å². The quantitative estimate of drug-likeness (QED) is 0.588. The Morgan fingerprint density at radius 3 is 2.54 bits per heavy atom. The van der Waals surface area contributed by atoms with Gasteiger partial charge in [0.2, 0.25) is 0 Å². The number of nitrogens with zero attached hydrogens (tertiary/aromatic N) is 2. The van der Waals surface area contributed by atoms with Gasteiger partial charge in [-0.05, 0) is 31.4 Å². The summed E-state index contributed by atoms with van der Waals surface area (Å²) in [6.07, 6.45) is 9.49. The zero-order chi connectivity index (χ0) is 16.7. The molecule has 0 amide bonds. The van der Waals surface area contributed by atoms with Gasteiger partial charge in [-0.2, -0.15) is 23.5 Å². The van der Waals surface area contributed by atoms with Gasteiger partial charge < -0.3 is 10.6 Å². The van der Waals surface area contributed by atoms with Crippen molar-refractivity contribution >= 4 is 29.5 Å². The Morgan fingerprint density at radius 1 is 1.08 bits per heavy atom. The SMILES string of the molecule is CN=C(NCC1(N2CCSCC2)CCCCC1)NC1CCCSC1. The van der Waals surface area contributed by atoms with Crippen LogP contribution < -0.4 is 10.6 Å². The van der Waals surface area contributed by atoms with E-state index in [4.69, 9.17) is 0 Å². The van der Waals surface area contributed by atoms with Crippen molar-refractivity contribution in [3.8, 4) is 0 Å². The van der Waals surface area contributed by atoms with Gasteiger partial charge in [-0.3, -0.25) is 9.89 Å². The van der Waals surface area contributed by atoms with Gasteiger partial charge in [0.25, 0.3) is 0 Å². The van der Waals surface area contributed by atoms with Crippen LogP contribution in [-0.2, 0) is 0 Å². The van der Waals surface area contributed by atoms with E-state index in [0.29, 0.717) is 11.6 Å². The summed E-state index contributed by atoms with van der Waals surface area (Å²) in [7, 11) is 1.91. The maximum absolute atomic E-state index is 4.51. The zero-order valence-corrected chi connectivity index (χ0v) is 16.8. The molecular weight excluding hydrogens is 336 g/mol. The largest absolute Gasteiger partial charge is 0.355 e. The van der Waals surface area contributed by atoms with Crippen LogP contribution in [0.1, 0.15) is 44.9 Å². The smallest absolute Gasteiger partial charge is 0.191 e. The van der Waals surface area contributed by atoms with E-state index in [9.17, 15) is 0 Å². The highest BCUT2D eigenvalue weighted by atomic mass is 32.2. The lowest BCUT2D eigenvalue weighted by Gasteiger charge is -2.48. The molecule has 1 unspecified atom stereocenters. The van der Waals surface area contributed by atoms with E-state index in [1.807, 2.05) is 7.05 Å². The minimum absolute atomic E-state index is 0.359. The number of hydrogen-bond acceptors (Lipinski definition) is 4. The first-order valence-corrected chi connectivity index (χ1v) is 12.0. The van der Waals surface area contributed by atoms with Crippen LogP contribution in [-0.4, -0.2) is 72.1 Å². The Bertz CT molecular complexity index is 398. The summed E-state index contributed by atoms with van der Waals surface area (Å²) in [6.45, 7) is 3.58. The highest BCUT2D eigenvalue weighted by Gasteiger charge is 2.38. The van der Waals surface area contributed by atoms with Gasteiger partial charge in [0.15, 0.2) is 5.96 Å². The number of hydrogen-bond donors (Lipinski definition) is 2. The second kappa shape index (κ2) is 9.58.